The molecule has 1 spiro atoms. The van der Waals surface area contributed by atoms with Gasteiger partial charge in [-0.2, -0.15) is 6.20 Å². The molecule has 2 heterocycles. The van der Waals surface area contributed by atoms with Crippen molar-refractivity contribution < 1.29 is 31.0 Å². The van der Waals surface area contributed by atoms with E-state index in [0.29, 0.717) is 0 Å². The Morgan fingerprint density at radius 3 is 2.03 bits per heavy atom. The number of allylic oxidation sites excluding steroid dienone is 2. The van der Waals surface area contributed by atoms with Gasteiger partial charge in [0.05, 0.1) is 16.9 Å². The third-order valence-corrected chi connectivity index (χ3v) is 5.90. The number of rotatable bonds is 1. The number of aromatic nitrogens is 2. The molecule has 2 aliphatic rings. The molecular weight excluding hydrogens is 579 g/mol. The Balaban J connectivity index is 0.000000271. The summed E-state index contributed by atoms with van der Waals surface area (Å²) in [6.45, 7) is 2.85. The van der Waals surface area contributed by atoms with Crippen LogP contribution in [0.5, 0.6) is 0 Å². The molecule has 0 radical (unpaired) electrons. The Kier molecular flexibility index (Phi) is 5.75. The second-order valence-corrected chi connectivity index (χ2v) is 7.84. The van der Waals surface area contributed by atoms with E-state index in [4.69, 9.17) is 5.11 Å². The van der Waals surface area contributed by atoms with Gasteiger partial charge >= 0.3 is 0 Å². The van der Waals surface area contributed by atoms with Gasteiger partial charge in [-0.05, 0) is 53.3 Å². The molecule has 4 aromatic rings. The van der Waals surface area contributed by atoms with Gasteiger partial charge in [0.25, 0.3) is 0 Å². The molecule has 2 aromatic heterocycles. The summed E-state index contributed by atoms with van der Waals surface area (Å²) in [5.74, 6) is -0.0625. The van der Waals surface area contributed by atoms with Crippen molar-refractivity contribution in [2.45, 2.75) is 19.3 Å². The molecule has 162 valence electrons. The fourth-order valence-electron chi connectivity index (χ4n) is 4.98. The number of nitrogens with zero attached hydrogens (tertiary/aromatic N) is 2. The predicted octanol–water partition coefficient (Wildman–Crippen LogP) is 5.42. The minimum Gasteiger partial charge on any atom is -0.662 e. The molecule has 4 nitrogen and oxygen atoms in total. The van der Waals surface area contributed by atoms with E-state index in [0.717, 1.165) is 11.4 Å². The zero-order valence-corrected chi connectivity index (χ0v) is 19.9. The van der Waals surface area contributed by atoms with Crippen molar-refractivity contribution in [2.75, 3.05) is 0 Å². The van der Waals surface area contributed by atoms with Crippen LogP contribution in [-0.2, 0) is 31.3 Å². The molecular formula is C27H21N2O2Pt-. The molecule has 1 N–H and O–H groups in total. The van der Waals surface area contributed by atoms with Gasteiger partial charge in [0.2, 0.25) is 0 Å². The standard InChI is InChI=1S/C22H13N2.C5H8O2.Pt/c1-3-8-16-14(6-1)15-7-2-4-9-17(15)22(16)18-10-5-12-23-20(18)21-19(22)11-13-24-21;1-4(6)3-5(2)7;/h1-13H;3,6H,1-2H3;/q-1;;/b;4-3-;. The summed E-state index contributed by atoms with van der Waals surface area (Å²) in [6, 6.07) is 23.9. The number of hydrogen-bond acceptors (Lipinski definition) is 3. The van der Waals surface area contributed by atoms with Crippen LogP contribution in [0.15, 0.2) is 91.0 Å². The third-order valence-electron chi connectivity index (χ3n) is 5.90. The number of benzene rings is 2. The van der Waals surface area contributed by atoms with Crippen LogP contribution in [0.4, 0.5) is 0 Å². The van der Waals surface area contributed by atoms with E-state index in [1.165, 1.54) is 53.3 Å². The second-order valence-electron chi connectivity index (χ2n) is 7.84. The normalized spacial score (nSPS) is 13.8. The van der Waals surface area contributed by atoms with Gasteiger partial charge in [-0.25, -0.2) is 0 Å². The maximum atomic E-state index is 10.0. The Hall–Kier alpha value is -3.23. The first-order valence-corrected chi connectivity index (χ1v) is 10.2. The van der Waals surface area contributed by atoms with Crippen LogP contribution in [0.1, 0.15) is 36.1 Å². The summed E-state index contributed by atoms with van der Waals surface area (Å²) in [6.07, 6.45) is 4.94. The summed E-state index contributed by atoms with van der Waals surface area (Å²) in [5, 5.41) is 8.36. The Bertz CT molecular complexity index is 1300. The fraction of sp³-hybridized carbons (Fsp3) is 0.111. The number of hydrogen-bond donors (Lipinski definition) is 1. The maximum absolute atomic E-state index is 10.0. The minimum atomic E-state index is -0.275. The van der Waals surface area contributed by atoms with Crippen molar-refractivity contribution in [3.63, 3.8) is 0 Å². The van der Waals surface area contributed by atoms with Crippen LogP contribution in [0.2, 0.25) is 0 Å². The first-order valence-electron chi connectivity index (χ1n) is 10.2. The smallest absolute Gasteiger partial charge is 0.155 e. The maximum Gasteiger partial charge on any atom is 0.155 e. The molecule has 0 saturated heterocycles. The quantitative estimate of drug-likeness (QED) is 0.202. The number of carbonyl (C=O) groups is 1. The zero-order valence-electron chi connectivity index (χ0n) is 17.6. The molecule has 32 heavy (non-hydrogen) atoms. The number of ketones is 1. The van der Waals surface area contributed by atoms with E-state index in [9.17, 15) is 4.79 Å². The first-order chi connectivity index (χ1) is 15.0. The molecule has 0 aliphatic heterocycles. The monoisotopic (exact) mass is 600 g/mol. The summed E-state index contributed by atoms with van der Waals surface area (Å²) >= 11 is 0. The molecule has 2 aliphatic carbocycles. The van der Waals surface area contributed by atoms with Crippen LogP contribution in [-0.4, -0.2) is 15.9 Å². The molecule has 0 amide bonds. The number of aliphatic hydroxyl groups excluding tert-OH is 1. The molecule has 0 unspecified atom stereocenters. The Morgan fingerprint density at radius 2 is 1.47 bits per heavy atom. The van der Waals surface area contributed by atoms with Crippen molar-refractivity contribution in [1.82, 2.24) is 9.97 Å². The average Bonchev–Trinajstić information content (AvgIpc) is 3.42. The van der Waals surface area contributed by atoms with Crippen LogP contribution >= 0.6 is 0 Å². The summed E-state index contributed by atoms with van der Waals surface area (Å²) < 4.78 is 0. The SMILES string of the molecule is CC(=O)/C=C(/C)O.[Pt].c1ccc2c(c1)-c1ccccc1C21c2cccnc2-c2[n-]ccc21. The molecule has 0 fully saturated rings. The summed E-state index contributed by atoms with van der Waals surface area (Å²) in [5.41, 5.74) is 9.59. The fourth-order valence-corrected chi connectivity index (χ4v) is 4.98. The number of fused-ring (bicyclic) bond motifs is 10. The van der Waals surface area contributed by atoms with Crippen molar-refractivity contribution in [1.29, 1.82) is 0 Å². The minimum absolute atomic E-state index is 0. The van der Waals surface area contributed by atoms with E-state index in [1.54, 1.807) is 0 Å². The first kappa shape index (κ1) is 22.0. The van der Waals surface area contributed by atoms with Crippen molar-refractivity contribution in [2.24, 2.45) is 0 Å². The summed E-state index contributed by atoms with van der Waals surface area (Å²) in [4.78, 5) is 19.3. The number of pyridine rings is 1. The molecule has 5 heteroatoms. The van der Waals surface area contributed by atoms with Crippen LogP contribution in [0, 0.1) is 0 Å². The summed E-state index contributed by atoms with van der Waals surface area (Å²) in [7, 11) is 0. The number of carbonyl (C=O) groups excluding carboxylic acids is 1. The van der Waals surface area contributed by atoms with E-state index in [2.05, 4.69) is 70.6 Å². The van der Waals surface area contributed by atoms with Crippen LogP contribution in [0.3, 0.4) is 0 Å². The van der Waals surface area contributed by atoms with E-state index in [1.807, 2.05) is 18.5 Å². The largest absolute Gasteiger partial charge is 0.662 e. The average molecular weight is 601 g/mol. The van der Waals surface area contributed by atoms with Crippen LogP contribution < -0.4 is 4.98 Å². The number of aliphatic hydroxyl groups is 1. The van der Waals surface area contributed by atoms with E-state index < -0.39 is 0 Å². The van der Waals surface area contributed by atoms with Gasteiger partial charge in [0, 0.05) is 33.3 Å². The third kappa shape index (κ3) is 3.10. The molecule has 0 atom stereocenters. The van der Waals surface area contributed by atoms with Crippen molar-refractivity contribution in [3.8, 4) is 22.5 Å². The van der Waals surface area contributed by atoms with Gasteiger partial charge in [0.1, 0.15) is 0 Å². The zero-order chi connectivity index (χ0) is 21.6. The topological polar surface area (TPSA) is 64.3 Å². The van der Waals surface area contributed by atoms with Gasteiger partial charge in [0.15, 0.2) is 5.78 Å². The Labute approximate surface area is 201 Å². The molecule has 0 saturated carbocycles. The van der Waals surface area contributed by atoms with Gasteiger partial charge in [-0.15, -0.1) is 5.69 Å². The predicted molar refractivity (Wildman–Crippen MR) is 121 cm³/mol. The van der Waals surface area contributed by atoms with Crippen molar-refractivity contribution in [3.05, 3.63) is 113 Å². The molecule has 2 aromatic carbocycles. The van der Waals surface area contributed by atoms with Gasteiger partial charge < -0.3 is 10.1 Å². The Morgan fingerprint density at radius 1 is 0.875 bits per heavy atom. The van der Waals surface area contributed by atoms with E-state index >= 15 is 0 Å². The van der Waals surface area contributed by atoms with Gasteiger partial charge in [-0.1, -0.05) is 60.7 Å². The van der Waals surface area contributed by atoms with Gasteiger partial charge in [-0.3, -0.25) is 9.78 Å². The molecule has 6 rings (SSSR count). The molecule has 0 bridgehead atoms. The van der Waals surface area contributed by atoms with E-state index in [-0.39, 0.29) is 38.0 Å². The van der Waals surface area contributed by atoms with Crippen molar-refractivity contribution >= 4 is 5.78 Å². The van der Waals surface area contributed by atoms with Crippen LogP contribution in [0.25, 0.3) is 22.5 Å². The second kappa shape index (κ2) is 8.37.